The Morgan fingerprint density at radius 3 is 2.81 bits per heavy atom. The van der Waals surface area contributed by atoms with Crippen LogP contribution in [0.5, 0.6) is 0 Å². The highest BCUT2D eigenvalue weighted by atomic mass is 32.1. The molecule has 2 heterocycles. The maximum atomic E-state index is 11.7. The molecule has 21 heavy (non-hydrogen) atoms. The molecule has 2 aromatic heterocycles. The molecule has 0 unspecified atom stereocenters. The van der Waals surface area contributed by atoms with Gasteiger partial charge in [-0.05, 0) is 13.8 Å². The highest BCUT2D eigenvalue weighted by Gasteiger charge is 2.14. The van der Waals surface area contributed by atoms with Gasteiger partial charge in [0.2, 0.25) is 0 Å². The van der Waals surface area contributed by atoms with Crippen LogP contribution in [0.4, 0.5) is 10.5 Å². The van der Waals surface area contributed by atoms with Gasteiger partial charge in [-0.1, -0.05) is 0 Å². The van der Waals surface area contributed by atoms with Crippen LogP contribution < -0.4 is 10.6 Å². The Hall–Kier alpha value is -2.42. The molecule has 0 radical (unpaired) electrons. The zero-order valence-electron chi connectivity index (χ0n) is 11.6. The minimum absolute atomic E-state index is 0.173. The van der Waals surface area contributed by atoms with Crippen molar-refractivity contribution in [3.05, 3.63) is 28.0 Å². The summed E-state index contributed by atoms with van der Waals surface area (Å²) >= 11 is 1.05. The van der Waals surface area contributed by atoms with E-state index in [9.17, 15) is 9.59 Å². The summed E-state index contributed by atoms with van der Waals surface area (Å²) in [7, 11) is 0. The number of amides is 2. The average Bonchev–Trinajstić information content (AvgIpc) is 3.03. The predicted octanol–water partition coefficient (Wildman–Crippen LogP) is 1.69. The fourth-order valence-electron chi connectivity index (χ4n) is 1.66. The van der Waals surface area contributed by atoms with E-state index in [0.717, 1.165) is 17.9 Å². The lowest BCUT2D eigenvalue weighted by Gasteiger charge is -2.03. The molecule has 0 saturated heterocycles. The van der Waals surface area contributed by atoms with E-state index in [2.05, 4.69) is 20.7 Å². The summed E-state index contributed by atoms with van der Waals surface area (Å²) in [5, 5.41) is 18.8. The first-order chi connectivity index (χ1) is 9.99. The van der Waals surface area contributed by atoms with Gasteiger partial charge < -0.3 is 15.7 Å². The van der Waals surface area contributed by atoms with Crippen LogP contribution in [0.25, 0.3) is 0 Å². The van der Waals surface area contributed by atoms with Crippen molar-refractivity contribution in [1.29, 1.82) is 0 Å². The molecule has 2 amide bonds. The van der Waals surface area contributed by atoms with Gasteiger partial charge in [-0.3, -0.25) is 4.68 Å². The van der Waals surface area contributed by atoms with Gasteiger partial charge in [0.05, 0.1) is 24.1 Å². The topological polar surface area (TPSA) is 109 Å². The van der Waals surface area contributed by atoms with Crippen LogP contribution in [0.15, 0.2) is 12.4 Å². The van der Waals surface area contributed by atoms with Gasteiger partial charge in [0.1, 0.15) is 9.88 Å². The Morgan fingerprint density at radius 1 is 1.48 bits per heavy atom. The zero-order valence-corrected chi connectivity index (χ0v) is 12.4. The third-order valence-electron chi connectivity index (χ3n) is 2.65. The number of aromatic nitrogens is 3. The standard InChI is InChI=1S/C12H15N5O3S/c1-3-17-6-8(4-14-17)16-12(20)13-5-9-15-7(2)10(21-9)11(18)19/h4,6H,3,5H2,1-2H3,(H,18,19)(H2,13,16,20). The minimum Gasteiger partial charge on any atom is -0.477 e. The second-order valence-electron chi connectivity index (χ2n) is 4.22. The number of anilines is 1. The lowest BCUT2D eigenvalue weighted by Crippen LogP contribution is -2.27. The van der Waals surface area contributed by atoms with Gasteiger partial charge in [-0.2, -0.15) is 5.10 Å². The number of carbonyl (C=O) groups excluding carboxylic acids is 1. The number of aromatic carboxylic acids is 1. The van der Waals surface area contributed by atoms with E-state index in [4.69, 9.17) is 5.11 Å². The number of aryl methyl sites for hydroxylation is 2. The molecule has 112 valence electrons. The number of carboxylic acid groups (broad SMARTS) is 1. The molecule has 0 spiro atoms. The quantitative estimate of drug-likeness (QED) is 0.778. The van der Waals surface area contributed by atoms with Crippen molar-refractivity contribution >= 4 is 29.0 Å². The van der Waals surface area contributed by atoms with Crippen LogP contribution in [0.2, 0.25) is 0 Å². The van der Waals surface area contributed by atoms with Gasteiger partial charge in [0.25, 0.3) is 0 Å². The molecule has 0 aromatic carbocycles. The molecular weight excluding hydrogens is 294 g/mol. The smallest absolute Gasteiger partial charge is 0.347 e. The number of rotatable bonds is 5. The van der Waals surface area contributed by atoms with Gasteiger partial charge in [-0.15, -0.1) is 11.3 Å². The summed E-state index contributed by atoms with van der Waals surface area (Å²) in [6.07, 6.45) is 3.27. The number of urea groups is 1. The molecular formula is C12H15N5O3S. The van der Waals surface area contributed by atoms with Crippen molar-refractivity contribution in [1.82, 2.24) is 20.1 Å². The van der Waals surface area contributed by atoms with E-state index in [1.807, 2.05) is 6.92 Å². The molecule has 9 heteroatoms. The van der Waals surface area contributed by atoms with Crippen LogP contribution in [-0.4, -0.2) is 31.9 Å². The molecule has 0 saturated carbocycles. The second kappa shape index (κ2) is 6.35. The molecule has 2 aromatic rings. The maximum absolute atomic E-state index is 11.7. The normalized spacial score (nSPS) is 10.4. The Morgan fingerprint density at radius 2 is 2.24 bits per heavy atom. The Balaban J connectivity index is 1.89. The van der Waals surface area contributed by atoms with Gasteiger partial charge >= 0.3 is 12.0 Å². The predicted molar refractivity (Wildman–Crippen MR) is 77.6 cm³/mol. The highest BCUT2D eigenvalue weighted by molar-refractivity contribution is 7.13. The molecule has 0 bridgehead atoms. The Kier molecular flexibility index (Phi) is 4.53. The Bertz CT molecular complexity index is 664. The number of thiazole rings is 1. The third-order valence-corrected chi connectivity index (χ3v) is 3.80. The van der Waals surface area contributed by atoms with Crippen molar-refractivity contribution in [3.63, 3.8) is 0 Å². The Labute approximate surface area is 124 Å². The van der Waals surface area contributed by atoms with Crippen LogP contribution in [-0.2, 0) is 13.1 Å². The number of carbonyl (C=O) groups is 2. The fourth-order valence-corrected chi connectivity index (χ4v) is 2.50. The SMILES string of the molecule is CCn1cc(NC(=O)NCc2nc(C)c(C(=O)O)s2)cn1. The van der Waals surface area contributed by atoms with Crippen LogP contribution in [0.1, 0.15) is 27.3 Å². The van der Waals surface area contributed by atoms with Crippen molar-refractivity contribution in [2.45, 2.75) is 26.9 Å². The second-order valence-corrected chi connectivity index (χ2v) is 5.30. The minimum atomic E-state index is -1.01. The van der Waals surface area contributed by atoms with E-state index < -0.39 is 12.0 Å². The first-order valence-corrected chi connectivity index (χ1v) is 7.08. The molecule has 0 atom stereocenters. The molecule has 3 N–H and O–H groups in total. The van der Waals surface area contributed by atoms with Gasteiger partial charge in [0, 0.05) is 12.7 Å². The fraction of sp³-hybridized carbons (Fsp3) is 0.333. The zero-order chi connectivity index (χ0) is 15.4. The maximum Gasteiger partial charge on any atom is 0.347 e. The number of carboxylic acids is 1. The van der Waals surface area contributed by atoms with Gasteiger partial charge in [0.15, 0.2) is 0 Å². The summed E-state index contributed by atoms with van der Waals surface area (Å²) < 4.78 is 1.69. The first kappa shape index (κ1) is 15.0. The molecule has 0 aliphatic rings. The number of nitrogens with one attached hydrogen (secondary N) is 2. The lowest BCUT2D eigenvalue weighted by molar-refractivity contribution is 0.0701. The molecule has 0 aliphatic carbocycles. The van der Waals surface area contributed by atoms with Crippen LogP contribution in [0, 0.1) is 6.92 Å². The summed E-state index contributed by atoms with van der Waals surface area (Å²) in [6.45, 7) is 4.47. The van der Waals surface area contributed by atoms with Crippen molar-refractivity contribution in [2.75, 3.05) is 5.32 Å². The number of nitrogens with zero attached hydrogens (tertiary/aromatic N) is 3. The molecule has 0 aliphatic heterocycles. The largest absolute Gasteiger partial charge is 0.477 e. The van der Waals surface area contributed by atoms with E-state index in [0.29, 0.717) is 16.4 Å². The summed E-state index contributed by atoms with van der Waals surface area (Å²) in [5.41, 5.74) is 1.05. The van der Waals surface area contributed by atoms with Crippen molar-refractivity contribution in [3.8, 4) is 0 Å². The highest BCUT2D eigenvalue weighted by Crippen LogP contribution is 2.17. The van der Waals surface area contributed by atoms with Crippen LogP contribution in [0.3, 0.4) is 0 Å². The summed E-state index contributed by atoms with van der Waals surface area (Å²) in [5.74, 6) is -1.01. The average molecular weight is 309 g/mol. The van der Waals surface area contributed by atoms with Gasteiger partial charge in [-0.25, -0.2) is 14.6 Å². The molecule has 8 nitrogen and oxygen atoms in total. The van der Waals surface area contributed by atoms with Crippen LogP contribution >= 0.6 is 11.3 Å². The third kappa shape index (κ3) is 3.78. The van der Waals surface area contributed by atoms with Crippen molar-refractivity contribution in [2.24, 2.45) is 0 Å². The lowest BCUT2D eigenvalue weighted by atomic mass is 10.4. The van der Waals surface area contributed by atoms with E-state index in [1.165, 1.54) is 0 Å². The van der Waals surface area contributed by atoms with E-state index >= 15 is 0 Å². The molecule has 2 rings (SSSR count). The van der Waals surface area contributed by atoms with E-state index in [1.54, 1.807) is 24.0 Å². The van der Waals surface area contributed by atoms with Crippen molar-refractivity contribution < 1.29 is 14.7 Å². The molecule has 0 fully saturated rings. The summed E-state index contributed by atoms with van der Waals surface area (Å²) in [6, 6.07) is -0.393. The summed E-state index contributed by atoms with van der Waals surface area (Å²) in [4.78, 5) is 26.9. The first-order valence-electron chi connectivity index (χ1n) is 6.26. The number of hydrogen-bond donors (Lipinski definition) is 3. The van der Waals surface area contributed by atoms with E-state index in [-0.39, 0.29) is 11.4 Å². The monoisotopic (exact) mass is 309 g/mol. The number of hydrogen-bond acceptors (Lipinski definition) is 5.